The zero-order valence-corrected chi connectivity index (χ0v) is 20.2. The molecule has 2 aromatic carbocycles. The van der Waals surface area contributed by atoms with E-state index in [1.165, 1.54) is 37.3 Å². The number of aromatic hydroxyl groups is 1. The normalized spacial score (nSPS) is 17.0. The second kappa shape index (κ2) is 9.85. The quantitative estimate of drug-likeness (QED) is 0.278. The summed E-state index contributed by atoms with van der Waals surface area (Å²) in [5.41, 5.74) is 1.02. The number of rotatable bonds is 6. The minimum absolute atomic E-state index is 0.00479. The number of pyridine rings is 1. The number of hydrogen-bond acceptors (Lipinski definition) is 7. The maximum absolute atomic E-state index is 13.3. The Hall–Kier alpha value is -3.75. The van der Waals surface area contributed by atoms with Crippen molar-refractivity contribution in [2.45, 2.75) is 12.6 Å². The number of carbonyl (C=O) groups excluding carboxylic acids is 2. The number of aliphatic hydroxyl groups is 1. The topological polar surface area (TPSA) is 109 Å². The lowest BCUT2D eigenvalue weighted by Gasteiger charge is -2.25. The van der Waals surface area contributed by atoms with Crippen molar-refractivity contribution in [3.8, 4) is 17.2 Å². The molecule has 2 heterocycles. The molecule has 1 amide bonds. The Balaban J connectivity index is 1.94. The van der Waals surface area contributed by atoms with Crippen molar-refractivity contribution < 1.29 is 29.3 Å². The molecular formula is C25H20Cl2N2O6. The van der Waals surface area contributed by atoms with Gasteiger partial charge in [-0.3, -0.25) is 14.6 Å². The van der Waals surface area contributed by atoms with Crippen LogP contribution >= 0.6 is 23.2 Å². The van der Waals surface area contributed by atoms with Crippen LogP contribution in [0.1, 0.15) is 22.7 Å². The van der Waals surface area contributed by atoms with Crippen LogP contribution in [-0.4, -0.2) is 46.0 Å². The highest BCUT2D eigenvalue weighted by molar-refractivity contribution is 6.47. The Morgan fingerprint density at radius 1 is 1.09 bits per heavy atom. The number of nitrogens with zero attached hydrogens (tertiary/aromatic N) is 2. The molecule has 0 aliphatic carbocycles. The number of carbonyl (C=O) groups is 2. The first-order chi connectivity index (χ1) is 16.8. The molecule has 8 nitrogen and oxygen atoms in total. The van der Waals surface area contributed by atoms with E-state index in [2.05, 4.69) is 4.98 Å². The SMILES string of the molecule is COc1c(Cl)cc(/C(O)=C2\C(=O)C(=O)N(Cc3cccnc3)C2c2ccc(O)cc2)c(OC)c1Cl. The lowest BCUT2D eigenvalue weighted by atomic mass is 9.94. The summed E-state index contributed by atoms with van der Waals surface area (Å²) in [6, 6.07) is 9.87. The number of Topliss-reactive ketones (excluding diaryl/α,β-unsaturated/α-hetero) is 1. The van der Waals surface area contributed by atoms with Crippen molar-refractivity contribution >= 4 is 40.7 Å². The minimum atomic E-state index is -0.972. The van der Waals surface area contributed by atoms with Gasteiger partial charge in [-0.1, -0.05) is 41.4 Å². The van der Waals surface area contributed by atoms with Crippen LogP contribution in [0.25, 0.3) is 5.76 Å². The van der Waals surface area contributed by atoms with Crippen LogP contribution in [-0.2, 0) is 16.1 Å². The molecule has 180 valence electrons. The Labute approximate surface area is 210 Å². The fourth-order valence-electron chi connectivity index (χ4n) is 4.03. The lowest BCUT2D eigenvalue weighted by Crippen LogP contribution is -2.29. The first-order valence-electron chi connectivity index (χ1n) is 10.3. The standard InChI is InChI=1S/C25H20Cl2N2O6/c1-34-23-16(10-17(26)24(35-2)19(23)27)21(31)18-20(14-5-7-15(30)8-6-14)29(25(33)22(18)32)12-13-4-3-9-28-11-13/h3-11,20,30-31H,12H2,1-2H3/b21-18+. The van der Waals surface area contributed by atoms with Crippen LogP contribution < -0.4 is 9.47 Å². The number of aliphatic hydroxyl groups excluding tert-OH is 1. The molecule has 0 spiro atoms. The smallest absolute Gasteiger partial charge is 0.295 e. The Morgan fingerprint density at radius 2 is 1.77 bits per heavy atom. The van der Waals surface area contributed by atoms with Crippen molar-refractivity contribution in [3.05, 3.63) is 87.2 Å². The molecule has 0 saturated carbocycles. The van der Waals surface area contributed by atoms with Crippen LogP contribution in [0, 0.1) is 0 Å². The van der Waals surface area contributed by atoms with Crippen molar-refractivity contribution in [1.82, 2.24) is 9.88 Å². The minimum Gasteiger partial charge on any atom is -0.508 e. The van der Waals surface area contributed by atoms with Crippen molar-refractivity contribution in [3.63, 3.8) is 0 Å². The Morgan fingerprint density at radius 3 is 2.37 bits per heavy atom. The predicted octanol–water partition coefficient (Wildman–Crippen LogP) is 4.73. The molecule has 1 aromatic heterocycles. The van der Waals surface area contributed by atoms with Gasteiger partial charge in [-0.25, -0.2) is 0 Å². The Bertz CT molecular complexity index is 1330. The van der Waals surface area contributed by atoms with E-state index >= 15 is 0 Å². The third kappa shape index (κ3) is 4.38. The maximum atomic E-state index is 13.3. The summed E-state index contributed by atoms with van der Waals surface area (Å²) < 4.78 is 10.6. The number of benzene rings is 2. The molecule has 2 N–H and O–H groups in total. The molecule has 1 saturated heterocycles. The average molecular weight is 515 g/mol. The van der Waals surface area contributed by atoms with E-state index in [-0.39, 0.29) is 45.0 Å². The number of hydrogen-bond donors (Lipinski definition) is 2. The zero-order chi connectivity index (χ0) is 25.3. The van der Waals surface area contributed by atoms with Gasteiger partial charge in [0.15, 0.2) is 11.5 Å². The zero-order valence-electron chi connectivity index (χ0n) is 18.7. The molecule has 0 radical (unpaired) electrons. The molecule has 3 aromatic rings. The van der Waals surface area contributed by atoms with Gasteiger partial charge in [0.1, 0.15) is 16.5 Å². The Kier molecular flexibility index (Phi) is 6.86. The average Bonchev–Trinajstić information content (AvgIpc) is 3.09. The van der Waals surface area contributed by atoms with Gasteiger partial charge in [-0.15, -0.1) is 0 Å². The molecule has 1 atom stereocenters. The highest BCUT2D eigenvalue weighted by atomic mass is 35.5. The summed E-state index contributed by atoms with van der Waals surface area (Å²) in [4.78, 5) is 31.8. The fraction of sp³-hybridized carbons (Fsp3) is 0.160. The second-order valence-electron chi connectivity index (χ2n) is 7.67. The molecule has 35 heavy (non-hydrogen) atoms. The molecule has 10 heteroatoms. The predicted molar refractivity (Wildman–Crippen MR) is 130 cm³/mol. The van der Waals surface area contributed by atoms with Crippen LogP contribution in [0.5, 0.6) is 17.2 Å². The largest absolute Gasteiger partial charge is 0.508 e. The van der Waals surface area contributed by atoms with E-state index in [1.54, 1.807) is 36.7 Å². The van der Waals surface area contributed by atoms with E-state index in [9.17, 15) is 19.8 Å². The van der Waals surface area contributed by atoms with Gasteiger partial charge in [0.05, 0.1) is 36.4 Å². The highest BCUT2D eigenvalue weighted by Crippen LogP contribution is 2.47. The summed E-state index contributed by atoms with van der Waals surface area (Å²) in [5.74, 6) is -2.05. The molecular weight excluding hydrogens is 495 g/mol. The summed E-state index contributed by atoms with van der Waals surface area (Å²) in [6.45, 7) is 0.0575. The third-order valence-corrected chi connectivity index (χ3v) is 6.24. The van der Waals surface area contributed by atoms with Crippen LogP contribution in [0.15, 0.2) is 60.4 Å². The number of phenolic OH excluding ortho intramolecular Hbond substituents is 1. The number of likely N-dealkylation sites (tertiary alicyclic amines) is 1. The van der Waals surface area contributed by atoms with Crippen LogP contribution in [0.4, 0.5) is 0 Å². The summed E-state index contributed by atoms with van der Waals surface area (Å²) >= 11 is 12.7. The number of aromatic nitrogens is 1. The van der Waals surface area contributed by atoms with Gasteiger partial charge in [0.25, 0.3) is 11.7 Å². The van der Waals surface area contributed by atoms with Crippen molar-refractivity contribution in [2.24, 2.45) is 0 Å². The summed E-state index contributed by atoms with van der Waals surface area (Å²) in [5, 5.41) is 21.2. The van der Waals surface area contributed by atoms with Crippen molar-refractivity contribution in [2.75, 3.05) is 14.2 Å². The van der Waals surface area contributed by atoms with Gasteiger partial charge < -0.3 is 24.6 Å². The van der Waals surface area contributed by atoms with Gasteiger partial charge in [-0.05, 0) is 35.4 Å². The van der Waals surface area contributed by atoms with Gasteiger partial charge in [0, 0.05) is 18.9 Å². The number of amides is 1. The summed E-state index contributed by atoms with van der Waals surface area (Å²) in [7, 11) is 2.71. The number of halogens is 2. The van der Waals surface area contributed by atoms with Gasteiger partial charge >= 0.3 is 0 Å². The monoisotopic (exact) mass is 514 g/mol. The first-order valence-corrected chi connectivity index (χ1v) is 11.1. The number of methoxy groups -OCH3 is 2. The fourth-order valence-corrected chi connectivity index (χ4v) is 4.71. The molecule has 1 aliphatic heterocycles. The van der Waals surface area contributed by atoms with E-state index in [0.717, 1.165) is 0 Å². The summed E-state index contributed by atoms with van der Waals surface area (Å²) in [6.07, 6.45) is 3.18. The second-order valence-corrected chi connectivity index (χ2v) is 8.45. The maximum Gasteiger partial charge on any atom is 0.295 e. The van der Waals surface area contributed by atoms with E-state index < -0.39 is 23.5 Å². The van der Waals surface area contributed by atoms with Crippen molar-refractivity contribution in [1.29, 1.82) is 0 Å². The molecule has 4 rings (SSSR count). The molecule has 1 aliphatic rings. The van der Waals surface area contributed by atoms with Gasteiger partial charge in [0.2, 0.25) is 0 Å². The third-order valence-electron chi connectivity index (χ3n) is 5.62. The number of ketones is 1. The van der Waals surface area contributed by atoms with E-state index in [1.807, 2.05) is 0 Å². The highest BCUT2D eigenvalue weighted by Gasteiger charge is 2.46. The molecule has 0 bridgehead atoms. The number of phenols is 1. The van der Waals surface area contributed by atoms with E-state index in [0.29, 0.717) is 11.1 Å². The number of ether oxygens (including phenoxy) is 2. The molecule has 1 unspecified atom stereocenters. The first kappa shape index (κ1) is 24.4. The van der Waals surface area contributed by atoms with Gasteiger partial charge in [-0.2, -0.15) is 0 Å². The molecule has 1 fully saturated rings. The van der Waals surface area contributed by atoms with Crippen LogP contribution in [0.3, 0.4) is 0 Å². The van der Waals surface area contributed by atoms with E-state index in [4.69, 9.17) is 32.7 Å². The van der Waals surface area contributed by atoms with Crippen LogP contribution in [0.2, 0.25) is 10.0 Å². The lowest BCUT2D eigenvalue weighted by molar-refractivity contribution is -0.140.